The molecule has 1 amide bonds. The van der Waals surface area contributed by atoms with E-state index in [4.69, 9.17) is 5.73 Å². The predicted molar refractivity (Wildman–Crippen MR) is 84.2 cm³/mol. The molecule has 3 N–H and O–H groups in total. The number of nitrogens with one attached hydrogen (secondary N) is 1. The Kier molecular flexibility index (Phi) is 6.01. The number of benzene rings is 1. The van der Waals surface area contributed by atoms with Crippen LogP contribution in [0, 0.1) is 12.3 Å². The average molecular weight is 327 g/mol. The monoisotopic (exact) mass is 326 g/mol. The van der Waals surface area contributed by atoms with Gasteiger partial charge < -0.3 is 11.1 Å². The van der Waals surface area contributed by atoms with Gasteiger partial charge in [0.2, 0.25) is 5.91 Å². The molecule has 0 atom stereocenters. The maximum Gasteiger partial charge on any atom is 0.224 e. The third kappa shape index (κ3) is 5.74. The molecule has 1 aromatic carbocycles. The summed E-state index contributed by atoms with van der Waals surface area (Å²) in [6.45, 7) is 6.95. The number of anilines is 1. The van der Waals surface area contributed by atoms with E-state index < -0.39 is 0 Å². The molecule has 3 nitrogen and oxygen atoms in total. The fraction of sp³-hybridized carbons (Fsp3) is 0.533. The van der Waals surface area contributed by atoms with Crippen molar-refractivity contribution in [3.05, 3.63) is 28.2 Å². The molecule has 0 heterocycles. The Morgan fingerprint density at radius 3 is 2.68 bits per heavy atom. The fourth-order valence-corrected chi connectivity index (χ4v) is 2.27. The van der Waals surface area contributed by atoms with Crippen molar-refractivity contribution >= 4 is 27.5 Å². The van der Waals surface area contributed by atoms with Crippen LogP contribution in [0.2, 0.25) is 0 Å². The van der Waals surface area contributed by atoms with Crippen LogP contribution in [0.1, 0.15) is 38.7 Å². The predicted octanol–water partition coefficient (Wildman–Crippen LogP) is 3.85. The van der Waals surface area contributed by atoms with Gasteiger partial charge >= 0.3 is 0 Å². The lowest BCUT2D eigenvalue weighted by Gasteiger charge is -2.23. The van der Waals surface area contributed by atoms with Gasteiger partial charge in [0.05, 0.1) is 0 Å². The van der Waals surface area contributed by atoms with Crippen molar-refractivity contribution < 1.29 is 4.79 Å². The first-order valence-corrected chi connectivity index (χ1v) is 7.39. The number of rotatable bonds is 6. The molecule has 106 valence electrons. The lowest BCUT2D eigenvalue weighted by molar-refractivity contribution is -0.116. The first-order chi connectivity index (χ1) is 8.84. The van der Waals surface area contributed by atoms with Gasteiger partial charge in [0.25, 0.3) is 0 Å². The van der Waals surface area contributed by atoms with Crippen LogP contribution in [0.3, 0.4) is 0 Å². The zero-order chi connectivity index (χ0) is 14.5. The third-order valence-electron chi connectivity index (χ3n) is 3.32. The fourth-order valence-electron chi connectivity index (χ4n) is 1.91. The summed E-state index contributed by atoms with van der Waals surface area (Å²) in [7, 11) is 0. The highest BCUT2D eigenvalue weighted by atomic mass is 79.9. The number of hydrogen-bond donors (Lipinski definition) is 2. The summed E-state index contributed by atoms with van der Waals surface area (Å²) in [4.78, 5) is 12.0. The molecule has 0 radical (unpaired) electrons. The van der Waals surface area contributed by atoms with Crippen LogP contribution in [0.25, 0.3) is 0 Å². The molecular formula is C15H23BrN2O. The standard InChI is InChI=1S/C15H23BrN2O/c1-11-4-5-12(16)10-13(11)18-14(19)6-7-15(2,3)8-9-17/h4-5,10H,6-9,17H2,1-3H3,(H,18,19). The summed E-state index contributed by atoms with van der Waals surface area (Å²) < 4.78 is 0.969. The van der Waals surface area contributed by atoms with Gasteiger partial charge in [-0.3, -0.25) is 4.79 Å². The Hall–Kier alpha value is -0.870. The van der Waals surface area contributed by atoms with E-state index in [1.807, 2.05) is 25.1 Å². The lowest BCUT2D eigenvalue weighted by atomic mass is 9.84. The zero-order valence-corrected chi connectivity index (χ0v) is 13.5. The van der Waals surface area contributed by atoms with E-state index >= 15 is 0 Å². The van der Waals surface area contributed by atoms with Crippen LogP contribution in [-0.2, 0) is 4.79 Å². The molecule has 0 fully saturated rings. The number of amides is 1. The van der Waals surface area contributed by atoms with Gasteiger partial charge in [0, 0.05) is 16.6 Å². The van der Waals surface area contributed by atoms with Crippen LogP contribution < -0.4 is 11.1 Å². The molecule has 19 heavy (non-hydrogen) atoms. The summed E-state index contributed by atoms with van der Waals surface area (Å²) >= 11 is 3.41. The maximum absolute atomic E-state index is 12.0. The molecule has 0 aliphatic rings. The molecule has 0 saturated heterocycles. The van der Waals surface area contributed by atoms with Crippen molar-refractivity contribution in [1.82, 2.24) is 0 Å². The van der Waals surface area contributed by atoms with Crippen molar-refractivity contribution in [1.29, 1.82) is 0 Å². The molecule has 0 bridgehead atoms. The Balaban J connectivity index is 2.54. The summed E-state index contributed by atoms with van der Waals surface area (Å²) in [5.74, 6) is 0.0614. The van der Waals surface area contributed by atoms with Gasteiger partial charge in [-0.2, -0.15) is 0 Å². The summed E-state index contributed by atoms with van der Waals surface area (Å²) in [6.07, 6.45) is 2.32. The minimum Gasteiger partial charge on any atom is -0.330 e. The number of halogens is 1. The molecule has 4 heteroatoms. The van der Waals surface area contributed by atoms with Gasteiger partial charge in [-0.05, 0) is 49.4 Å². The molecular weight excluding hydrogens is 304 g/mol. The Labute approximate surface area is 124 Å². The van der Waals surface area contributed by atoms with E-state index in [9.17, 15) is 4.79 Å². The van der Waals surface area contributed by atoms with Crippen molar-refractivity contribution in [2.75, 3.05) is 11.9 Å². The van der Waals surface area contributed by atoms with E-state index in [0.29, 0.717) is 13.0 Å². The third-order valence-corrected chi connectivity index (χ3v) is 3.82. The Bertz CT molecular complexity index is 444. The number of nitrogens with two attached hydrogens (primary N) is 1. The number of carbonyl (C=O) groups excluding carboxylic acids is 1. The molecule has 0 aromatic heterocycles. The Morgan fingerprint density at radius 1 is 1.37 bits per heavy atom. The van der Waals surface area contributed by atoms with E-state index in [0.717, 1.165) is 28.6 Å². The summed E-state index contributed by atoms with van der Waals surface area (Å²) in [5.41, 5.74) is 7.64. The topological polar surface area (TPSA) is 55.1 Å². The normalized spacial score (nSPS) is 11.4. The highest BCUT2D eigenvalue weighted by Gasteiger charge is 2.18. The smallest absolute Gasteiger partial charge is 0.224 e. The van der Waals surface area contributed by atoms with Crippen molar-refractivity contribution in [2.45, 2.75) is 40.0 Å². The van der Waals surface area contributed by atoms with E-state index in [1.165, 1.54) is 0 Å². The second-order valence-corrected chi connectivity index (χ2v) is 6.63. The first kappa shape index (κ1) is 16.2. The van der Waals surface area contributed by atoms with Gasteiger partial charge in [-0.25, -0.2) is 0 Å². The molecule has 0 aliphatic heterocycles. The van der Waals surface area contributed by atoms with Crippen LogP contribution in [0.5, 0.6) is 0 Å². The van der Waals surface area contributed by atoms with Crippen molar-refractivity contribution in [3.8, 4) is 0 Å². The quantitative estimate of drug-likeness (QED) is 0.834. The number of hydrogen-bond acceptors (Lipinski definition) is 2. The summed E-state index contributed by atoms with van der Waals surface area (Å²) in [6, 6.07) is 5.88. The lowest BCUT2D eigenvalue weighted by Crippen LogP contribution is -2.20. The Morgan fingerprint density at radius 2 is 2.05 bits per heavy atom. The van der Waals surface area contributed by atoms with Crippen LogP contribution in [0.15, 0.2) is 22.7 Å². The average Bonchev–Trinajstić information content (AvgIpc) is 2.31. The van der Waals surface area contributed by atoms with Crippen molar-refractivity contribution in [3.63, 3.8) is 0 Å². The maximum atomic E-state index is 12.0. The van der Waals surface area contributed by atoms with Crippen molar-refractivity contribution in [2.24, 2.45) is 11.1 Å². The molecule has 0 saturated carbocycles. The van der Waals surface area contributed by atoms with E-state index in [-0.39, 0.29) is 11.3 Å². The number of carbonyl (C=O) groups is 1. The molecule has 0 unspecified atom stereocenters. The van der Waals surface area contributed by atoms with Crippen LogP contribution in [0.4, 0.5) is 5.69 Å². The van der Waals surface area contributed by atoms with E-state index in [1.54, 1.807) is 0 Å². The van der Waals surface area contributed by atoms with E-state index in [2.05, 4.69) is 35.1 Å². The largest absolute Gasteiger partial charge is 0.330 e. The highest BCUT2D eigenvalue weighted by Crippen LogP contribution is 2.26. The summed E-state index contributed by atoms with van der Waals surface area (Å²) in [5, 5.41) is 2.97. The molecule has 0 spiro atoms. The number of aryl methyl sites for hydroxylation is 1. The minimum absolute atomic E-state index is 0.0614. The highest BCUT2D eigenvalue weighted by molar-refractivity contribution is 9.10. The van der Waals surface area contributed by atoms with Crippen LogP contribution >= 0.6 is 15.9 Å². The zero-order valence-electron chi connectivity index (χ0n) is 11.9. The van der Waals surface area contributed by atoms with Gasteiger partial charge in [0.15, 0.2) is 0 Å². The van der Waals surface area contributed by atoms with Gasteiger partial charge in [-0.15, -0.1) is 0 Å². The first-order valence-electron chi connectivity index (χ1n) is 6.60. The second-order valence-electron chi connectivity index (χ2n) is 5.71. The SMILES string of the molecule is Cc1ccc(Br)cc1NC(=O)CCC(C)(C)CCN. The van der Waals surface area contributed by atoms with Crippen LogP contribution in [-0.4, -0.2) is 12.5 Å². The molecule has 1 rings (SSSR count). The molecule has 0 aliphatic carbocycles. The second kappa shape index (κ2) is 7.06. The van der Waals surface area contributed by atoms with Gasteiger partial charge in [-0.1, -0.05) is 35.8 Å². The molecule has 1 aromatic rings. The van der Waals surface area contributed by atoms with Gasteiger partial charge in [0.1, 0.15) is 0 Å². The minimum atomic E-state index is 0.0614.